The van der Waals surface area contributed by atoms with Crippen LogP contribution in [0, 0.1) is 11.6 Å². The van der Waals surface area contributed by atoms with Crippen LogP contribution in [0.5, 0.6) is 5.88 Å². The minimum atomic E-state index is -4.95. The first kappa shape index (κ1) is 39.1. The molecule has 1 aromatic carbocycles. The maximum atomic E-state index is 15.6. The third-order valence-electron chi connectivity index (χ3n) is 10.5. The molecule has 5 heterocycles. The molecule has 0 radical (unpaired) electrons. The Bertz CT molecular complexity index is 1730. The summed E-state index contributed by atoms with van der Waals surface area (Å²) in [6.07, 6.45) is -7.43. The van der Waals surface area contributed by atoms with Gasteiger partial charge in [-0.05, 0) is 48.4 Å². The molecule has 6 rings (SSSR count). The summed E-state index contributed by atoms with van der Waals surface area (Å²) in [7, 11) is -3.73. The molecule has 288 valence electrons. The van der Waals surface area contributed by atoms with Gasteiger partial charge in [-0.15, -0.1) is 0 Å². The highest BCUT2D eigenvalue weighted by molar-refractivity contribution is 6.76. The lowest BCUT2D eigenvalue weighted by Gasteiger charge is -2.39. The molecule has 1 unspecified atom stereocenters. The Balaban J connectivity index is 1.37. The first-order chi connectivity index (χ1) is 24.2. The molecule has 0 saturated carbocycles. The lowest BCUT2D eigenvalue weighted by atomic mass is 10.1. The molecule has 3 aliphatic rings. The number of nitrogens with zero attached hydrogens (tertiary/aromatic N) is 3. The van der Waals surface area contributed by atoms with Crippen LogP contribution in [0.25, 0.3) is 22.3 Å². The first-order valence-corrected chi connectivity index (χ1v) is 24.4. The number of pyridine rings is 1. The molecule has 0 amide bonds. The van der Waals surface area contributed by atoms with Crippen molar-refractivity contribution in [3.63, 3.8) is 0 Å². The fourth-order valence-electron chi connectivity index (χ4n) is 6.52. The Kier molecular flexibility index (Phi) is 11.0. The summed E-state index contributed by atoms with van der Waals surface area (Å²) in [6.45, 7) is 19.2. The second kappa shape index (κ2) is 14.6. The van der Waals surface area contributed by atoms with Crippen LogP contribution in [0.4, 0.5) is 27.6 Å². The summed E-state index contributed by atoms with van der Waals surface area (Å²) in [4.78, 5) is 6.07. The van der Waals surface area contributed by atoms with Crippen LogP contribution in [0.2, 0.25) is 43.8 Å². The maximum Gasteiger partial charge on any atom is 0.423 e. The van der Waals surface area contributed by atoms with Crippen molar-refractivity contribution in [2.75, 3.05) is 51.0 Å². The number of fused-ring (bicyclic) bond motifs is 2. The minimum Gasteiger partial charge on any atom is -0.470 e. The van der Waals surface area contributed by atoms with Gasteiger partial charge in [0.15, 0.2) is 14.4 Å². The molecule has 3 aromatic rings. The Morgan fingerprint density at radius 1 is 0.904 bits per heavy atom. The number of anilines is 1. The van der Waals surface area contributed by atoms with E-state index in [0.29, 0.717) is 38.6 Å². The largest absolute Gasteiger partial charge is 0.470 e. The quantitative estimate of drug-likeness (QED) is 0.110. The SMILES string of the molecule is CC(C)(C)[Si](C)(C)OC1CO[C@H]2[C@@H]1OC[C@H]2Oc1c(C(F)(F)F)c2nc(-c3c(F)cc(N4CCOCC4)cc3F)ccc2n1COCC[Si](C)(C)C. The third kappa shape index (κ3) is 8.08. The maximum absolute atomic E-state index is 15.6. The molecule has 52 heavy (non-hydrogen) atoms. The van der Waals surface area contributed by atoms with E-state index in [-0.39, 0.29) is 42.3 Å². The Morgan fingerprint density at radius 2 is 1.52 bits per heavy atom. The van der Waals surface area contributed by atoms with Gasteiger partial charge in [-0.3, -0.25) is 4.57 Å². The number of halogens is 5. The predicted octanol–water partition coefficient (Wildman–Crippen LogP) is 8.08. The van der Waals surface area contributed by atoms with Gasteiger partial charge in [0.2, 0.25) is 5.88 Å². The number of hydrogen-bond acceptors (Lipinski definition) is 8. The van der Waals surface area contributed by atoms with Crippen LogP contribution < -0.4 is 9.64 Å². The van der Waals surface area contributed by atoms with E-state index in [4.69, 9.17) is 28.1 Å². The highest BCUT2D eigenvalue weighted by Crippen LogP contribution is 2.46. The van der Waals surface area contributed by atoms with Crippen molar-refractivity contribution in [2.24, 2.45) is 0 Å². The Morgan fingerprint density at radius 3 is 2.12 bits per heavy atom. The lowest BCUT2D eigenvalue weighted by Crippen LogP contribution is -2.47. The van der Waals surface area contributed by atoms with E-state index in [1.807, 2.05) is 0 Å². The Hall–Kier alpha value is -2.61. The predicted molar refractivity (Wildman–Crippen MR) is 193 cm³/mol. The lowest BCUT2D eigenvalue weighted by molar-refractivity contribution is -0.139. The third-order valence-corrected chi connectivity index (χ3v) is 16.7. The van der Waals surface area contributed by atoms with Gasteiger partial charge in [0.25, 0.3) is 0 Å². The van der Waals surface area contributed by atoms with Crippen molar-refractivity contribution >= 4 is 33.1 Å². The van der Waals surface area contributed by atoms with Crippen molar-refractivity contribution in [3.8, 4) is 17.1 Å². The van der Waals surface area contributed by atoms with E-state index in [1.54, 1.807) is 4.90 Å². The number of aromatic nitrogens is 2. The molecule has 2 aromatic heterocycles. The van der Waals surface area contributed by atoms with Crippen molar-refractivity contribution < 1.29 is 50.1 Å². The second-order valence-corrected chi connectivity index (χ2v) is 26.9. The fraction of sp³-hybridized carbons (Fsp3) is 0.639. The molecule has 4 atom stereocenters. The van der Waals surface area contributed by atoms with Crippen molar-refractivity contribution in [1.29, 1.82) is 0 Å². The standard InChI is InChI=1S/C36H50F5N3O6Si2/c1-35(2,3)52(7,8)50-28-20-48-32-27(19-47-33(28)32)49-34-30(36(39,40)41)31-26(44(34)21-46-15-16-51(4,5)6)10-9-25(42-31)29-23(37)17-22(18-24(29)38)43-11-13-45-14-12-43/h9-10,17-18,27-28,32-33H,11-16,19-21H2,1-8H3/t27-,28?,32-,33-/m1/s1. The van der Waals surface area contributed by atoms with E-state index in [2.05, 4.69) is 58.5 Å². The van der Waals surface area contributed by atoms with Crippen molar-refractivity contribution in [3.05, 3.63) is 41.5 Å². The van der Waals surface area contributed by atoms with E-state index < -0.39 is 75.0 Å². The summed E-state index contributed by atoms with van der Waals surface area (Å²) in [5.41, 5.74) is -2.11. The van der Waals surface area contributed by atoms with E-state index in [1.165, 1.54) is 28.8 Å². The number of benzene rings is 1. The van der Waals surface area contributed by atoms with Gasteiger partial charge in [0.1, 0.15) is 41.7 Å². The molecule has 0 spiro atoms. The van der Waals surface area contributed by atoms with E-state index in [0.717, 1.165) is 6.04 Å². The van der Waals surface area contributed by atoms with Crippen LogP contribution in [0.15, 0.2) is 24.3 Å². The summed E-state index contributed by atoms with van der Waals surface area (Å²) < 4.78 is 114. The summed E-state index contributed by atoms with van der Waals surface area (Å²) in [5, 5.41) is -0.0694. The molecule has 0 N–H and O–H groups in total. The van der Waals surface area contributed by atoms with Gasteiger partial charge in [0, 0.05) is 33.5 Å². The highest BCUT2D eigenvalue weighted by Gasteiger charge is 2.53. The van der Waals surface area contributed by atoms with Gasteiger partial charge in [-0.2, -0.15) is 13.2 Å². The van der Waals surface area contributed by atoms with Gasteiger partial charge in [-0.1, -0.05) is 40.4 Å². The minimum absolute atomic E-state index is 0.0212. The normalized spacial score (nSPS) is 23.1. The van der Waals surface area contributed by atoms with Crippen LogP contribution >= 0.6 is 0 Å². The van der Waals surface area contributed by atoms with Gasteiger partial charge in [-0.25, -0.2) is 13.8 Å². The smallest absolute Gasteiger partial charge is 0.423 e. The molecule has 3 saturated heterocycles. The van der Waals surface area contributed by atoms with Crippen molar-refractivity contribution in [1.82, 2.24) is 9.55 Å². The zero-order valence-corrected chi connectivity index (χ0v) is 33.2. The molecule has 16 heteroatoms. The monoisotopic (exact) mass is 771 g/mol. The average molecular weight is 772 g/mol. The Labute approximate surface area is 303 Å². The van der Waals surface area contributed by atoms with E-state index in [9.17, 15) is 0 Å². The number of morpholine rings is 1. The van der Waals surface area contributed by atoms with Crippen LogP contribution in [0.1, 0.15) is 26.3 Å². The number of hydrogen-bond donors (Lipinski definition) is 0. The summed E-state index contributed by atoms with van der Waals surface area (Å²) >= 11 is 0. The zero-order chi connectivity index (χ0) is 37.8. The summed E-state index contributed by atoms with van der Waals surface area (Å²) in [6, 6.07) is 5.83. The van der Waals surface area contributed by atoms with Gasteiger partial charge >= 0.3 is 6.18 Å². The average Bonchev–Trinajstić information content (AvgIpc) is 3.71. The number of alkyl halides is 3. The molecule has 3 fully saturated rings. The molecule has 0 aliphatic carbocycles. The van der Waals surface area contributed by atoms with Crippen LogP contribution in [-0.4, -0.2) is 96.5 Å². The first-order valence-electron chi connectivity index (χ1n) is 17.8. The summed E-state index contributed by atoms with van der Waals surface area (Å²) in [5.74, 6) is -2.39. The van der Waals surface area contributed by atoms with Crippen molar-refractivity contribution in [2.45, 2.75) is 102 Å². The molecule has 0 bridgehead atoms. The van der Waals surface area contributed by atoms with Crippen LogP contribution in [0.3, 0.4) is 0 Å². The van der Waals surface area contributed by atoms with Crippen LogP contribution in [-0.2, 0) is 36.3 Å². The van der Waals surface area contributed by atoms with Gasteiger partial charge < -0.3 is 33.0 Å². The molecular weight excluding hydrogens is 722 g/mol. The fourth-order valence-corrected chi connectivity index (χ4v) is 8.59. The molecule has 3 aliphatic heterocycles. The van der Waals surface area contributed by atoms with Gasteiger partial charge in [0.05, 0.1) is 49.3 Å². The molecule has 9 nitrogen and oxygen atoms in total. The number of rotatable bonds is 11. The highest BCUT2D eigenvalue weighted by atomic mass is 28.4. The second-order valence-electron chi connectivity index (χ2n) is 16.6. The topological polar surface area (TPSA) is 76.4 Å². The van der Waals surface area contributed by atoms with E-state index >= 15 is 22.0 Å². The number of ether oxygens (including phenoxy) is 5. The zero-order valence-electron chi connectivity index (χ0n) is 31.2. The molecular formula is C36H50F5N3O6Si2.